The standard InChI is InChI=1S/C14H19FN6O2S/c15-11-3-1-2-10(8-11)9-24(22,23)20-12-4-6-21(7-5-12)14-17-13(16)18-19-14/h1-3,8,12,20H,4-7,9H2,(H3,16,17,18,19). The summed E-state index contributed by atoms with van der Waals surface area (Å²) in [5.41, 5.74) is 5.91. The molecule has 130 valence electrons. The molecule has 1 aliphatic rings. The Kier molecular flexibility index (Phi) is 4.67. The number of nitrogens with one attached hydrogen (secondary N) is 2. The van der Waals surface area contributed by atoms with Crippen molar-refractivity contribution in [3.8, 4) is 0 Å². The zero-order valence-corrected chi connectivity index (χ0v) is 13.8. The summed E-state index contributed by atoms with van der Waals surface area (Å²) in [6.07, 6.45) is 1.28. The van der Waals surface area contributed by atoms with E-state index in [0.717, 1.165) is 0 Å². The molecule has 1 fully saturated rings. The van der Waals surface area contributed by atoms with Crippen molar-refractivity contribution in [3.05, 3.63) is 35.6 Å². The topological polar surface area (TPSA) is 117 Å². The summed E-state index contributed by atoms with van der Waals surface area (Å²) in [5, 5.41) is 6.52. The molecule has 0 spiro atoms. The van der Waals surface area contributed by atoms with Crippen LogP contribution in [0.2, 0.25) is 0 Å². The van der Waals surface area contributed by atoms with Crippen LogP contribution in [-0.4, -0.2) is 42.7 Å². The highest BCUT2D eigenvalue weighted by molar-refractivity contribution is 7.88. The molecule has 3 rings (SSSR count). The Morgan fingerprint density at radius 2 is 2.12 bits per heavy atom. The van der Waals surface area contributed by atoms with E-state index in [1.165, 1.54) is 18.2 Å². The third-order valence-electron chi connectivity index (χ3n) is 3.88. The van der Waals surface area contributed by atoms with E-state index in [1.807, 2.05) is 4.90 Å². The van der Waals surface area contributed by atoms with Gasteiger partial charge in [-0.1, -0.05) is 12.1 Å². The molecule has 8 nitrogen and oxygen atoms in total. The van der Waals surface area contributed by atoms with E-state index < -0.39 is 15.8 Å². The molecule has 1 saturated heterocycles. The van der Waals surface area contributed by atoms with Crippen molar-refractivity contribution in [2.75, 3.05) is 23.7 Å². The fourth-order valence-corrected chi connectivity index (χ4v) is 4.20. The number of nitrogens with two attached hydrogens (primary N) is 1. The number of nitrogens with zero attached hydrogens (tertiary/aromatic N) is 3. The first-order chi connectivity index (χ1) is 11.4. The summed E-state index contributed by atoms with van der Waals surface area (Å²) in [5.74, 6) is 0.0997. The van der Waals surface area contributed by atoms with Gasteiger partial charge in [-0.25, -0.2) is 22.6 Å². The predicted octanol–water partition coefficient (Wildman–Crippen LogP) is 0.614. The van der Waals surface area contributed by atoms with Gasteiger partial charge in [0.25, 0.3) is 0 Å². The molecule has 1 aromatic heterocycles. The van der Waals surface area contributed by atoms with Crippen LogP contribution in [0.25, 0.3) is 0 Å². The molecule has 2 aromatic rings. The Morgan fingerprint density at radius 3 is 2.75 bits per heavy atom. The van der Waals surface area contributed by atoms with Crippen molar-refractivity contribution in [2.24, 2.45) is 0 Å². The minimum Gasteiger partial charge on any atom is -0.366 e. The molecule has 4 N–H and O–H groups in total. The molecule has 0 amide bonds. The van der Waals surface area contributed by atoms with Gasteiger partial charge in [0.2, 0.25) is 21.9 Å². The van der Waals surface area contributed by atoms with E-state index in [9.17, 15) is 12.8 Å². The molecule has 0 atom stereocenters. The Bertz CT molecular complexity index is 801. The van der Waals surface area contributed by atoms with Crippen LogP contribution in [0.5, 0.6) is 0 Å². The van der Waals surface area contributed by atoms with Crippen LogP contribution in [-0.2, 0) is 15.8 Å². The van der Waals surface area contributed by atoms with Crippen LogP contribution in [0, 0.1) is 5.82 Å². The van der Waals surface area contributed by atoms with Crippen molar-refractivity contribution in [3.63, 3.8) is 0 Å². The van der Waals surface area contributed by atoms with Gasteiger partial charge in [0.05, 0.1) is 5.75 Å². The van der Waals surface area contributed by atoms with Crippen LogP contribution in [0.1, 0.15) is 18.4 Å². The number of aromatic nitrogens is 3. The Labute approximate surface area is 139 Å². The van der Waals surface area contributed by atoms with Crippen LogP contribution in [0.15, 0.2) is 24.3 Å². The second-order valence-corrected chi connectivity index (χ2v) is 7.54. The highest BCUT2D eigenvalue weighted by Crippen LogP contribution is 2.17. The van der Waals surface area contributed by atoms with Crippen molar-refractivity contribution >= 4 is 21.9 Å². The number of sulfonamides is 1. The molecule has 1 aliphatic heterocycles. The lowest BCUT2D eigenvalue weighted by atomic mass is 10.1. The minimum absolute atomic E-state index is 0.153. The normalized spacial score (nSPS) is 16.5. The van der Waals surface area contributed by atoms with Gasteiger partial charge < -0.3 is 10.6 Å². The van der Waals surface area contributed by atoms with Gasteiger partial charge in [0.15, 0.2) is 0 Å². The van der Waals surface area contributed by atoms with Gasteiger partial charge in [-0.3, -0.25) is 0 Å². The summed E-state index contributed by atoms with van der Waals surface area (Å²) < 4.78 is 40.3. The quantitative estimate of drug-likeness (QED) is 0.724. The number of H-pyrrole nitrogens is 1. The minimum atomic E-state index is -3.52. The molecule has 0 aliphatic carbocycles. The molecule has 1 aromatic carbocycles. The highest BCUT2D eigenvalue weighted by Gasteiger charge is 2.25. The van der Waals surface area contributed by atoms with E-state index in [4.69, 9.17) is 5.73 Å². The zero-order valence-electron chi connectivity index (χ0n) is 12.9. The van der Waals surface area contributed by atoms with E-state index in [-0.39, 0.29) is 17.7 Å². The van der Waals surface area contributed by atoms with Crippen molar-refractivity contribution in [1.82, 2.24) is 19.9 Å². The number of benzene rings is 1. The third-order valence-corrected chi connectivity index (χ3v) is 5.28. The van der Waals surface area contributed by atoms with E-state index in [2.05, 4.69) is 19.9 Å². The zero-order chi connectivity index (χ0) is 17.2. The van der Waals surface area contributed by atoms with Crippen LogP contribution < -0.4 is 15.4 Å². The van der Waals surface area contributed by atoms with Gasteiger partial charge in [0, 0.05) is 19.1 Å². The van der Waals surface area contributed by atoms with Crippen molar-refractivity contribution in [2.45, 2.75) is 24.6 Å². The summed E-state index contributed by atoms with van der Waals surface area (Å²) >= 11 is 0. The molecule has 0 bridgehead atoms. The molecule has 0 saturated carbocycles. The number of aromatic amines is 1. The average molecular weight is 354 g/mol. The van der Waals surface area contributed by atoms with Crippen LogP contribution >= 0.6 is 0 Å². The van der Waals surface area contributed by atoms with Gasteiger partial charge in [-0.15, -0.1) is 5.10 Å². The van der Waals surface area contributed by atoms with E-state index in [0.29, 0.717) is 37.4 Å². The molecule has 10 heteroatoms. The van der Waals surface area contributed by atoms with Gasteiger partial charge in [-0.05, 0) is 30.5 Å². The fraction of sp³-hybridized carbons (Fsp3) is 0.429. The maximum Gasteiger partial charge on any atom is 0.241 e. The lowest BCUT2D eigenvalue weighted by Gasteiger charge is -2.31. The number of halogens is 1. The first-order valence-corrected chi connectivity index (χ1v) is 9.24. The summed E-state index contributed by atoms with van der Waals surface area (Å²) in [6, 6.07) is 5.47. The summed E-state index contributed by atoms with van der Waals surface area (Å²) in [7, 11) is -3.52. The molecule has 24 heavy (non-hydrogen) atoms. The Balaban J connectivity index is 1.55. The Hall–Kier alpha value is -2.20. The van der Waals surface area contributed by atoms with Gasteiger partial charge >= 0.3 is 0 Å². The van der Waals surface area contributed by atoms with Crippen LogP contribution in [0.3, 0.4) is 0 Å². The molecular formula is C14H19FN6O2S. The maximum absolute atomic E-state index is 13.2. The number of rotatable bonds is 5. The largest absolute Gasteiger partial charge is 0.366 e. The second-order valence-electron chi connectivity index (χ2n) is 5.79. The Morgan fingerprint density at radius 1 is 1.38 bits per heavy atom. The van der Waals surface area contributed by atoms with Crippen LogP contribution in [0.4, 0.5) is 16.3 Å². The van der Waals surface area contributed by atoms with Crippen molar-refractivity contribution in [1.29, 1.82) is 0 Å². The maximum atomic E-state index is 13.2. The fourth-order valence-electron chi connectivity index (χ4n) is 2.76. The summed E-state index contributed by atoms with van der Waals surface area (Å²) in [4.78, 5) is 6.03. The molecule has 2 heterocycles. The second kappa shape index (κ2) is 6.73. The van der Waals surface area contributed by atoms with Gasteiger partial charge in [0.1, 0.15) is 5.82 Å². The lowest BCUT2D eigenvalue weighted by molar-refractivity contribution is 0.456. The predicted molar refractivity (Wildman–Crippen MR) is 88.2 cm³/mol. The van der Waals surface area contributed by atoms with E-state index >= 15 is 0 Å². The third kappa shape index (κ3) is 4.20. The van der Waals surface area contributed by atoms with Crippen molar-refractivity contribution < 1.29 is 12.8 Å². The summed E-state index contributed by atoms with van der Waals surface area (Å²) in [6.45, 7) is 1.28. The number of hydrogen-bond acceptors (Lipinski definition) is 6. The first kappa shape index (κ1) is 16.7. The lowest BCUT2D eigenvalue weighted by Crippen LogP contribution is -2.45. The molecule has 0 radical (unpaired) electrons. The SMILES string of the molecule is Nc1n[nH]c(N2CCC(NS(=O)(=O)Cc3cccc(F)c3)CC2)n1. The number of piperidine rings is 1. The molecule has 0 unspecified atom stereocenters. The van der Waals surface area contributed by atoms with E-state index in [1.54, 1.807) is 6.07 Å². The monoisotopic (exact) mass is 354 g/mol. The molecular weight excluding hydrogens is 335 g/mol. The van der Waals surface area contributed by atoms with Gasteiger partial charge in [-0.2, -0.15) is 4.98 Å². The smallest absolute Gasteiger partial charge is 0.241 e. The first-order valence-electron chi connectivity index (χ1n) is 7.58. The average Bonchev–Trinajstić information content (AvgIpc) is 2.93. The number of hydrogen-bond donors (Lipinski definition) is 3. The highest BCUT2D eigenvalue weighted by atomic mass is 32.2. The number of anilines is 2. The number of nitrogen functional groups attached to an aromatic ring is 1.